The van der Waals surface area contributed by atoms with Crippen LogP contribution in [0.25, 0.3) is 6.08 Å². The van der Waals surface area contributed by atoms with Gasteiger partial charge < -0.3 is 44.5 Å². The normalized spacial score (nSPS) is 19.4. The van der Waals surface area contributed by atoms with Gasteiger partial charge in [0, 0.05) is 30.5 Å². The molecule has 1 fully saturated rings. The average Bonchev–Trinajstić information content (AvgIpc) is 3.56. The summed E-state index contributed by atoms with van der Waals surface area (Å²) in [6, 6.07) is 12.8. The van der Waals surface area contributed by atoms with Crippen molar-refractivity contribution in [3.8, 4) is 0 Å². The zero-order valence-corrected chi connectivity index (χ0v) is 27.9. The zero-order valence-electron chi connectivity index (χ0n) is 27.9. The first-order valence-electron chi connectivity index (χ1n) is 16.1. The Kier molecular flexibility index (Phi) is 13.5. The lowest BCUT2D eigenvalue weighted by molar-refractivity contribution is -0.155. The smallest absolute Gasteiger partial charge is 0.339 e. The molecular weight excluding hydrogens is 636 g/mol. The maximum atomic E-state index is 13.3. The fourth-order valence-corrected chi connectivity index (χ4v) is 5.28. The second-order valence-electron chi connectivity index (χ2n) is 12.6. The molecule has 2 aliphatic rings. The Balaban J connectivity index is 1.34. The standard InChI is InChI=1S/C36H44N2O11/c1-36(2,3)49-31(41)12-11-27(21-40)38-34(43)25-9-6-7-23(17-25)20-37-33(42)26-18-29-32(47-22-46-29)30(19-26)48-35(44)28-10-5-4-8-24(28)13-15-45-16-14-39/h4-10,13,15,17-18,27,29-30,32,39-40H,11-12,14,16,19-22H2,1-3H3,(H,37,42)(H,38,43). The van der Waals surface area contributed by atoms with Crippen LogP contribution in [0, 0.1) is 0 Å². The molecule has 0 saturated carbocycles. The van der Waals surface area contributed by atoms with E-state index in [0.29, 0.717) is 27.8 Å². The van der Waals surface area contributed by atoms with Crippen molar-refractivity contribution < 1.29 is 53.1 Å². The molecule has 2 aromatic rings. The second-order valence-corrected chi connectivity index (χ2v) is 12.6. The average molecular weight is 681 g/mol. The molecule has 2 aromatic carbocycles. The highest BCUT2D eigenvalue weighted by Crippen LogP contribution is 2.31. The molecule has 1 heterocycles. The largest absolute Gasteiger partial charge is 0.499 e. The summed E-state index contributed by atoms with van der Waals surface area (Å²) in [5.74, 6) is -1.85. The van der Waals surface area contributed by atoms with Crippen molar-refractivity contribution in [3.05, 3.63) is 88.7 Å². The van der Waals surface area contributed by atoms with E-state index in [0.717, 1.165) is 0 Å². The minimum atomic E-state index is -0.796. The monoisotopic (exact) mass is 680 g/mol. The van der Waals surface area contributed by atoms with Gasteiger partial charge in [-0.15, -0.1) is 0 Å². The minimum Gasteiger partial charge on any atom is -0.499 e. The van der Waals surface area contributed by atoms with Crippen LogP contribution in [0.5, 0.6) is 0 Å². The molecule has 0 aromatic heterocycles. The first kappa shape index (κ1) is 37.3. The maximum absolute atomic E-state index is 13.3. The van der Waals surface area contributed by atoms with Gasteiger partial charge in [-0.25, -0.2) is 4.79 Å². The van der Waals surface area contributed by atoms with Crippen LogP contribution in [0.4, 0.5) is 0 Å². The first-order valence-corrected chi connectivity index (χ1v) is 16.1. The lowest BCUT2D eigenvalue weighted by Gasteiger charge is -2.30. The molecule has 0 radical (unpaired) electrons. The van der Waals surface area contributed by atoms with E-state index in [1.165, 1.54) is 6.26 Å². The number of esters is 2. The third kappa shape index (κ3) is 11.2. The van der Waals surface area contributed by atoms with E-state index in [2.05, 4.69) is 10.6 Å². The highest BCUT2D eigenvalue weighted by molar-refractivity contribution is 5.96. The summed E-state index contributed by atoms with van der Waals surface area (Å²) in [5.41, 5.74) is 1.55. The van der Waals surface area contributed by atoms with E-state index in [9.17, 15) is 24.3 Å². The molecule has 49 heavy (non-hydrogen) atoms. The highest BCUT2D eigenvalue weighted by atomic mass is 16.7. The van der Waals surface area contributed by atoms with Crippen LogP contribution in [-0.4, -0.2) is 90.5 Å². The quantitative estimate of drug-likeness (QED) is 0.124. The Morgan fingerprint density at radius 3 is 2.59 bits per heavy atom. The molecule has 13 nitrogen and oxygen atoms in total. The van der Waals surface area contributed by atoms with Gasteiger partial charge in [0.1, 0.15) is 37.3 Å². The van der Waals surface area contributed by atoms with Gasteiger partial charge in [0.15, 0.2) is 0 Å². The fraction of sp³-hybridized carbons (Fsp3) is 0.444. The van der Waals surface area contributed by atoms with Crippen molar-refractivity contribution in [2.24, 2.45) is 0 Å². The number of nitrogens with one attached hydrogen (secondary N) is 2. The second kappa shape index (κ2) is 17.7. The minimum absolute atomic E-state index is 0.0106. The molecule has 4 rings (SSSR count). The molecule has 4 unspecified atom stereocenters. The highest BCUT2D eigenvalue weighted by Gasteiger charge is 2.42. The summed E-state index contributed by atoms with van der Waals surface area (Å²) in [6.07, 6.45) is 3.02. The Morgan fingerprint density at radius 1 is 1.04 bits per heavy atom. The van der Waals surface area contributed by atoms with Crippen LogP contribution < -0.4 is 10.6 Å². The third-order valence-corrected chi connectivity index (χ3v) is 7.60. The number of aliphatic hydroxyl groups is 2. The summed E-state index contributed by atoms with van der Waals surface area (Å²) in [5, 5.41) is 24.3. The molecule has 1 aliphatic carbocycles. The van der Waals surface area contributed by atoms with Crippen LogP contribution in [0.2, 0.25) is 0 Å². The predicted octanol–water partition coefficient (Wildman–Crippen LogP) is 2.79. The molecule has 1 aliphatic heterocycles. The number of fused-ring (bicyclic) bond motifs is 1. The fourth-order valence-electron chi connectivity index (χ4n) is 5.28. The van der Waals surface area contributed by atoms with Crippen LogP contribution in [-0.2, 0) is 39.8 Å². The molecule has 0 bridgehead atoms. The van der Waals surface area contributed by atoms with Crippen molar-refractivity contribution >= 4 is 29.8 Å². The molecule has 0 spiro atoms. The first-order chi connectivity index (χ1) is 23.5. The van der Waals surface area contributed by atoms with Crippen molar-refractivity contribution in [1.29, 1.82) is 0 Å². The van der Waals surface area contributed by atoms with Crippen LogP contribution in [0.3, 0.4) is 0 Å². The Bertz CT molecular complexity index is 1530. The number of ether oxygens (including phenoxy) is 5. The van der Waals surface area contributed by atoms with E-state index in [1.807, 2.05) is 0 Å². The van der Waals surface area contributed by atoms with Crippen LogP contribution in [0.1, 0.15) is 71.9 Å². The number of carbonyl (C=O) groups is 4. The Hall–Kier alpha value is -4.56. The number of benzene rings is 2. The maximum Gasteiger partial charge on any atom is 0.339 e. The van der Waals surface area contributed by atoms with Crippen LogP contribution >= 0.6 is 0 Å². The van der Waals surface area contributed by atoms with Crippen molar-refractivity contribution in [2.75, 3.05) is 26.6 Å². The number of carbonyl (C=O) groups excluding carboxylic acids is 4. The van der Waals surface area contributed by atoms with Gasteiger partial charge in [-0.05, 0) is 68.7 Å². The molecule has 2 amide bonds. The SMILES string of the molecule is CC(C)(C)OC(=O)CCC(CO)NC(=O)c1cccc(CNC(=O)C2=CC3OCOC3C(OC(=O)c3ccccc3C=COCCO)C2)c1. The van der Waals surface area contributed by atoms with Gasteiger partial charge in [0.25, 0.3) is 5.91 Å². The van der Waals surface area contributed by atoms with Crippen molar-refractivity contribution in [1.82, 2.24) is 10.6 Å². The molecule has 4 N–H and O–H groups in total. The van der Waals surface area contributed by atoms with Gasteiger partial charge in [0.05, 0.1) is 31.1 Å². The van der Waals surface area contributed by atoms with E-state index < -0.39 is 53.7 Å². The number of aliphatic hydroxyl groups excluding tert-OH is 2. The Morgan fingerprint density at radius 2 is 1.84 bits per heavy atom. The van der Waals surface area contributed by atoms with Crippen molar-refractivity contribution in [2.45, 2.75) is 76.5 Å². The summed E-state index contributed by atoms with van der Waals surface area (Å²) in [6.45, 7) is 5.02. The molecule has 4 atom stereocenters. The molecular formula is C36H44N2O11. The summed E-state index contributed by atoms with van der Waals surface area (Å²) in [7, 11) is 0. The van der Waals surface area contributed by atoms with E-state index >= 15 is 0 Å². The molecule has 264 valence electrons. The lowest BCUT2D eigenvalue weighted by atomic mass is 9.91. The summed E-state index contributed by atoms with van der Waals surface area (Å²) < 4.78 is 27.7. The number of amides is 2. The molecule has 13 heteroatoms. The lowest BCUT2D eigenvalue weighted by Crippen LogP contribution is -2.43. The van der Waals surface area contributed by atoms with Crippen LogP contribution in [0.15, 0.2) is 66.4 Å². The van der Waals surface area contributed by atoms with E-state index in [-0.39, 0.29) is 52.4 Å². The third-order valence-electron chi connectivity index (χ3n) is 7.60. The zero-order chi connectivity index (χ0) is 35.4. The van der Waals surface area contributed by atoms with E-state index in [1.54, 1.807) is 81.5 Å². The number of rotatable bonds is 15. The molecule has 1 saturated heterocycles. The number of hydrogen-bond acceptors (Lipinski definition) is 11. The Labute approximate surface area is 285 Å². The van der Waals surface area contributed by atoms with Gasteiger partial charge in [-0.1, -0.05) is 30.3 Å². The van der Waals surface area contributed by atoms with Gasteiger partial charge in [0.2, 0.25) is 5.91 Å². The van der Waals surface area contributed by atoms with E-state index in [4.69, 9.17) is 28.8 Å². The van der Waals surface area contributed by atoms with Gasteiger partial charge in [-0.2, -0.15) is 0 Å². The van der Waals surface area contributed by atoms with Gasteiger partial charge >= 0.3 is 11.9 Å². The topological polar surface area (TPSA) is 179 Å². The van der Waals surface area contributed by atoms with Crippen molar-refractivity contribution in [3.63, 3.8) is 0 Å². The summed E-state index contributed by atoms with van der Waals surface area (Å²) in [4.78, 5) is 51.6. The van der Waals surface area contributed by atoms with Gasteiger partial charge in [-0.3, -0.25) is 14.4 Å². The predicted molar refractivity (Wildman–Crippen MR) is 177 cm³/mol. The summed E-state index contributed by atoms with van der Waals surface area (Å²) >= 11 is 0. The number of hydrogen-bond donors (Lipinski definition) is 4.